The predicted molar refractivity (Wildman–Crippen MR) is 118 cm³/mol. The van der Waals surface area contributed by atoms with E-state index >= 15 is 0 Å². The Labute approximate surface area is 179 Å². The average Bonchev–Trinajstić information content (AvgIpc) is 3.63. The van der Waals surface area contributed by atoms with Crippen LogP contribution in [0.2, 0.25) is 0 Å². The standard InChI is InChI=1S/C26H21FN2O2/c27-19-10-6-9-18(15-19)23(17-13-14-17)29-26(31)22-20-11-4-5-12-21(20)28-24(25(22)30)16-7-2-1-3-8-16/h1-12,15,17,23,30H,13-14H2,(H,29,31). The summed E-state index contributed by atoms with van der Waals surface area (Å²) < 4.78 is 13.8. The Hall–Kier alpha value is -3.73. The number of para-hydroxylation sites is 1. The first-order chi connectivity index (χ1) is 15.1. The minimum absolute atomic E-state index is 0.156. The number of aromatic nitrogens is 1. The van der Waals surface area contributed by atoms with Gasteiger partial charge in [-0.25, -0.2) is 9.37 Å². The second-order valence-corrected chi connectivity index (χ2v) is 7.91. The van der Waals surface area contributed by atoms with Gasteiger partial charge >= 0.3 is 0 Å². The van der Waals surface area contributed by atoms with Crippen molar-refractivity contribution in [2.24, 2.45) is 5.92 Å². The summed E-state index contributed by atoms with van der Waals surface area (Å²) in [5.41, 5.74) is 2.63. The van der Waals surface area contributed by atoms with Crippen LogP contribution in [0.4, 0.5) is 4.39 Å². The number of rotatable bonds is 5. The molecule has 1 fully saturated rings. The highest BCUT2D eigenvalue weighted by molar-refractivity contribution is 6.10. The number of nitrogens with zero attached hydrogens (tertiary/aromatic N) is 1. The third-order valence-corrected chi connectivity index (χ3v) is 5.73. The van der Waals surface area contributed by atoms with Crippen molar-refractivity contribution in [1.82, 2.24) is 10.3 Å². The number of benzene rings is 3. The quantitative estimate of drug-likeness (QED) is 0.447. The summed E-state index contributed by atoms with van der Waals surface area (Å²) in [6, 6.07) is 22.6. The van der Waals surface area contributed by atoms with Gasteiger partial charge in [0.1, 0.15) is 11.5 Å². The fourth-order valence-corrected chi connectivity index (χ4v) is 4.05. The molecule has 0 spiro atoms. The lowest BCUT2D eigenvalue weighted by molar-refractivity contribution is 0.0930. The molecule has 1 amide bonds. The van der Waals surface area contributed by atoms with Gasteiger partial charge in [0.15, 0.2) is 5.75 Å². The van der Waals surface area contributed by atoms with E-state index in [4.69, 9.17) is 0 Å². The second kappa shape index (κ2) is 7.84. The lowest BCUT2D eigenvalue weighted by Crippen LogP contribution is -2.30. The summed E-state index contributed by atoms with van der Waals surface area (Å²) in [4.78, 5) is 18.1. The number of nitrogens with one attached hydrogen (secondary N) is 1. The number of carbonyl (C=O) groups excluding carboxylic acids is 1. The van der Waals surface area contributed by atoms with Crippen molar-refractivity contribution in [2.45, 2.75) is 18.9 Å². The molecule has 1 atom stereocenters. The van der Waals surface area contributed by atoms with Crippen LogP contribution in [-0.4, -0.2) is 16.0 Å². The Morgan fingerprint density at radius 1 is 1.00 bits per heavy atom. The van der Waals surface area contributed by atoms with E-state index in [1.54, 1.807) is 12.1 Å². The van der Waals surface area contributed by atoms with Gasteiger partial charge in [0.25, 0.3) is 5.91 Å². The smallest absolute Gasteiger partial charge is 0.256 e. The van der Waals surface area contributed by atoms with Gasteiger partial charge in [-0.05, 0) is 42.5 Å². The summed E-state index contributed by atoms with van der Waals surface area (Å²) >= 11 is 0. The lowest BCUT2D eigenvalue weighted by Gasteiger charge is -2.20. The Morgan fingerprint density at radius 3 is 2.48 bits per heavy atom. The number of carbonyl (C=O) groups is 1. The zero-order valence-corrected chi connectivity index (χ0v) is 16.8. The monoisotopic (exact) mass is 412 g/mol. The number of aromatic hydroxyl groups is 1. The van der Waals surface area contributed by atoms with Gasteiger partial charge < -0.3 is 10.4 Å². The van der Waals surface area contributed by atoms with Crippen LogP contribution in [0.5, 0.6) is 5.75 Å². The van der Waals surface area contributed by atoms with Crippen LogP contribution in [0.15, 0.2) is 78.9 Å². The average molecular weight is 412 g/mol. The van der Waals surface area contributed by atoms with E-state index in [1.165, 1.54) is 12.1 Å². The molecule has 0 radical (unpaired) electrons. The van der Waals surface area contributed by atoms with Crippen LogP contribution in [0.1, 0.15) is 34.8 Å². The molecule has 1 aliphatic carbocycles. The van der Waals surface area contributed by atoms with E-state index in [0.29, 0.717) is 16.6 Å². The SMILES string of the molecule is O=C(NC(c1cccc(F)c1)C1CC1)c1c(O)c(-c2ccccc2)nc2ccccc12. The Kier molecular flexibility index (Phi) is 4.86. The highest BCUT2D eigenvalue weighted by Crippen LogP contribution is 2.42. The fourth-order valence-electron chi connectivity index (χ4n) is 4.05. The number of hydrogen-bond donors (Lipinski definition) is 2. The molecule has 5 heteroatoms. The molecule has 1 heterocycles. The fraction of sp³-hybridized carbons (Fsp3) is 0.154. The topological polar surface area (TPSA) is 62.2 Å². The first kappa shape index (κ1) is 19.2. The van der Waals surface area contributed by atoms with Gasteiger partial charge in [-0.1, -0.05) is 60.7 Å². The first-order valence-electron chi connectivity index (χ1n) is 10.4. The summed E-state index contributed by atoms with van der Waals surface area (Å²) in [5.74, 6) is -0.624. The summed E-state index contributed by atoms with van der Waals surface area (Å²) in [6.07, 6.45) is 1.94. The zero-order valence-electron chi connectivity index (χ0n) is 16.8. The normalized spacial score (nSPS) is 14.4. The van der Waals surface area contributed by atoms with Gasteiger partial charge in [0.2, 0.25) is 0 Å². The summed E-state index contributed by atoms with van der Waals surface area (Å²) in [5, 5.41) is 14.7. The predicted octanol–water partition coefficient (Wildman–Crippen LogP) is 5.63. The highest BCUT2D eigenvalue weighted by atomic mass is 19.1. The maximum atomic E-state index is 13.8. The van der Waals surface area contributed by atoms with Crippen LogP contribution in [0.3, 0.4) is 0 Å². The molecular weight excluding hydrogens is 391 g/mol. The number of amides is 1. The molecule has 0 bridgehead atoms. The molecule has 4 aromatic rings. The van der Waals surface area contributed by atoms with Crippen molar-refractivity contribution in [3.8, 4) is 17.0 Å². The van der Waals surface area contributed by atoms with Gasteiger partial charge in [-0.2, -0.15) is 0 Å². The Bertz CT molecular complexity index is 1270. The molecule has 4 nitrogen and oxygen atoms in total. The number of fused-ring (bicyclic) bond motifs is 1. The number of pyridine rings is 1. The molecule has 154 valence electrons. The van der Waals surface area contributed by atoms with Crippen LogP contribution in [-0.2, 0) is 0 Å². The molecule has 31 heavy (non-hydrogen) atoms. The Balaban J connectivity index is 1.60. The molecule has 0 saturated heterocycles. The molecule has 3 aromatic carbocycles. The molecule has 1 unspecified atom stereocenters. The minimum atomic E-state index is -0.394. The molecule has 0 aliphatic heterocycles. The third-order valence-electron chi connectivity index (χ3n) is 5.73. The maximum absolute atomic E-state index is 13.8. The van der Waals surface area contributed by atoms with Crippen LogP contribution >= 0.6 is 0 Å². The van der Waals surface area contributed by atoms with Crippen LogP contribution < -0.4 is 5.32 Å². The third kappa shape index (κ3) is 3.75. The van der Waals surface area contributed by atoms with Crippen molar-refractivity contribution in [3.05, 3.63) is 95.8 Å². The van der Waals surface area contributed by atoms with E-state index < -0.39 is 5.91 Å². The van der Waals surface area contributed by atoms with Crippen molar-refractivity contribution in [3.63, 3.8) is 0 Å². The molecule has 5 rings (SSSR count). The van der Waals surface area contributed by atoms with E-state index in [0.717, 1.165) is 24.0 Å². The van der Waals surface area contributed by atoms with Crippen molar-refractivity contribution in [1.29, 1.82) is 0 Å². The molecule has 1 aromatic heterocycles. The summed E-state index contributed by atoms with van der Waals surface area (Å²) in [6.45, 7) is 0. The molecule has 2 N–H and O–H groups in total. The molecular formula is C26H21FN2O2. The van der Waals surface area contributed by atoms with Crippen molar-refractivity contribution >= 4 is 16.8 Å². The van der Waals surface area contributed by atoms with Gasteiger partial charge in [-0.3, -0.25) is 4.79 Å². The number of hydrogen-bond acceptors (Lipinski definition) is 3. The van der Waals surface area contributed by atoms with Gasteiger partial charge in [-0.15, -0.1) is 0 Å². The van der Waals surface area contributed by atoms with Crippen LogP contribution in [0.25, 0.3) is 22.2 Å². The first-order valence-corrected chi connectivity index (χ1v) is 10.4. The maximum Gasteiger partial charge on any atom is 0.256 e. The van der Waals surface area contributed by atoms with E-state index in [2.05, 4.69) is 10.3 Å². The number of halogens is 1. The minimum Gasteiger partial charge on any atom is -0.505 e. The van der Waals surface area contributed by atoms with E-state index in [-0.39, 0.29) is 29.1 Å². The zero-order chi connectivity index (χ0) is 21.4. The van der Waals surface area contributed by atoms with Gasteiger partial charge in [0.05, 0.1) is 17.1 Å². The second-order valence-electron chi connectivity index (χ2n) is 7.91. The van der Waals surface area contributed by atoms with Crippen LogP contribution in [0, 0.1) is 11.7 Å². The van der Waals surface area contributed by atoms with Gasteiger partial charge in [0, 0.05) is 10.9 Å². The lowest BCUT2D eigenvalue weighted by atomic mass is 9.99. The molecule has 1 saturated carbocycles. The van der Waals surface area contributed by atoms with Crippen molar-refractivity contribution in [2.75, 3.05) is 0 Å². The summed E-state index contributed by atoms with van der Waals surface area (Å²) in [7, 11) is 0. The van der Waals surface area contributed by atoms with E-state index in [1.807, 2.05) is 54.6 Å². The van der Waals surface area contributed by atoms with Crippen molar-refractivity contribution < 1.29 is 14.3 Å². The highest BCUT2D eigenvalue weighted by Gasteiger charge is 2.34. The largest absolute Gasteiger partial charge is 0.505 e. The molecule has 1 aliphatic rings. The Morgan fingerprint density at radius 2 is 1.74 bits per heavy atom. The van der Waals surface area contributed by atoms with E-state index in [9.17, 15) is 14.3 Å².